The number of ether oxygens (including phenoxy) is 1. The van der Waals surface area contributed by atoms with Gasteiger partial charge in [0, 0.05) is 19.3 Å². The lowest BCUT2D eigenvalue weighted by atomic mass is 9.97. The van der Waals surface area contributed by atoms with E-state index in [4.69, 9.17) is 4.74 Å². The topological polar surface area (TPSA) is 37.2 Å². The molecule has 0 spiro atoms. The third-order valence-electron chi connectivity index (χ3n) is 7.04. The fourth-order valence-corrected chi connectivity index (χ4v) is 4.73. The summed E-state index contributed by atoms with van der Waals surface area (Å²) in [6.07, 6.45) is 1.25. The molecule has 2 heterocycles. The Bertz CT molecular complexity index is 1490. The van der Waals surface area contributed by atoms with Crippen LogP contribution in [0, 0.1) is 17.6 Å². The molecule has 0 bridgehead atoms. The molecular weight excluding hydrogens is 513 g/mol. The van der Waals surface area contributed by atoms with Gasteiger partial charge in [-0.3, -0.25) is 4.99 Å². The van der Waals surface area contributed by atoms with Crippen molar-refractivity contribution in [1.29, 1.82) is 0 Å². The van der Waals surface area contributed by atoms with Gasteiger partial charge >= 0.3 is 6.18 Å². The van der Waals surface area contributed by atoms with Crippen molar-refractivity contribution in [3.63, 3.8) is 0 Å². The molecule has 3 aromatic rings. The zero-order valence-corrected chi connectivity index (χ0v) is 20.8. The summed E-state index contributed by atoms with van der Waals surface area (Å²) in [5.74, 6) is -1.10. The largest absolute Gasteiger partial charge is 0.493 e. The number of nitrogens with zero attached hydrogens (tertiary/aromatic N) is 3. The van der Waals surface area contributed by atoms with Crippen LogP contribution in [-0.2, 0) is 12.7 Å². The highest BCUT2D eigenvalue weighted by molar-refractivity contribution is 6.17. The number of rotatable bonds is 7. The summed E-state index contributed by atoms with van der Waals surface area (Å²) in [6, 6.07) is 14.7. The summed E-state index contributed by atoms with van der Waals surface area (Å²) in [4.78, 5) is 10.9. The van der Waals surface area contributed by atoms with E-state index in [0.717, 1.165) is 30.5 Å². The first kappa shape index (κ1) is 25.3. The lowest BCUT2D eigenvalue weighted by Gasteiger charge is -2.27. The second kappa shape index (κ2) is 9.94. The molecule has 3 aromatic carbocycles. The lowest BCUT2D eigenvalue weighted by Crippen LogP contribution is -2.34. The van der Waals surface area contributed by atoms with Crippen LogP contribution in [0.2, 0.25) is 0 Å². The van der Waals surface area contributed by atoms with Crippen molar-refractivity contribution in [2.24, 2.45) is 15.9 Å². The Hall–Kier alpha value is -4.01. The lowest BCUT2D eigenvalue weighted by molar-refractivity contribution is -0.137. The van der Waals surface area contributed by atoms with E-state index in [-0.39, 0.29) is 28.8 Å². The number of fused-ring (bicyclic) bond motifs is 1. The summed E-state index contributed by atoms with van der Waals surface area (Å²) in [5, 5.41) is 0. The molecule has 1 aliphatic carbocycles. The minimum atomic E-state index is -4.51. The van der Waals surface area contributed by atoms with Crippen LogP contribution in [0.5, 0.6) is 5.75 Å². The first-order valence-corrected chi connectivity index (χ1v) is 12.7. The van der Waals surface area contributed by atoms with Gasteiger partial charge in [0.05, 0.1) is 23.4 Å². The fourth-order valence-electron chi connectivity index (χ4n) is 4.73. The second-order valence-electron chi connectivity index (χ2n) is 10.0. The molecule has 1 fully saturated rings. The van der Waals surface area contributed by atoms with Gasteiger partial charge in [-0.15, -0.1) is 0 Å². The molecule has 0 amide bonds. The van der Waals surface area contributed by atoms with Crippen LogP contribution in [-0.4, -0.2) is 35.6 Å². The van der Waals surface area contributed by atoms with E-state index in [1.54, 1.807) is 36.4 Å². The standard InChI is InChI=1S/C30H24F5N3O/c31-25-3-1-2-23(28(25)32)29-36-26-12-13-38(16-27(26)37-29)15-18-6-8-20(9-7-18)22-11-10-21(39-17-19-4-5-19)14-24(22)30(33,34)35/h1-3,6-14,19,27H,4-5,15-17H2. The Kier molecular flexibility index (Phi) is 6.45. The van der Waals surface area contributed by atoms with Gasteiger partial charge in [-0.2, -0.15) is 13.2 Å². The minimum absolute atomic E-state index is 0.0215. The summed E-state index contributed by atoms with van der Waals surface area (Å²) < 4.78 is 75.0. The Balaban J connectivity index is 1.15. The maximum atomic E-state index is 14.2. The van der Waals surface area contributed by atoms with Crippen molar-refractivity contribution in [3.8, 4) is 16.9 Å². The molecule has 0 radical (unpaired) electrons. The van der Waals surface area contributed by atoms with Crippen LogP contribution >= 0.6 is 0 Å². The third-order valence-corrected chi connectivity index (χ3v) is 7.04. The van der Waals surface area contributed by atoms with Gasteiger partial charge in [0.2, 0.25) is 0 Å². The highest BCUT2D eigenvalue weighted by Crippen LogP contribution is 2.40. The van der Waals surface area contributed by atoms with E-state index in [2.05, 4.69) is 9.98 Å². The van der Waals surface area contributed by atoms with E-state index >= 15 is 0 Å². The van der Waals surface area contributed by atoms with Gasteiger partial charge in [-0.1, -0.05) is 36.4 Å². The first-order valence-electron chi connectivity index (χ1n) is 12.7. The molecule has 3 aliphatic rings. The smallest absolute Gasteiger partial charge is 0.417 e. The molecule has 0 N–H and O–H groups in total. The maximum absolute atomic E-state index is 14.2. The molecule has 0 aromatic heterocycles. The normalized spacial score (nSPS) is 18.6. The van der Waals surface area contributed by atoms with Crippen molar-refractivity contribution in [2.75, 3.05) is 13.2 Å². The van der Waals surface area contributed by atoms with Gasteiger partial charge < -0.3 is 9.64 Å². The van der Waals surface area contributed by atoms with Crippen molar-refractivity contribution in [1.82, 2.24) is 4.90 Å². The molecule has 0 saturated heterocycles. The predicted molar refractivity (Wildman–Crippen MR) is 139 cm³/mol. The fraction of sp³-hybridized carbons (Fsp3) is 0.267. The Morgan fingerprint density at radius 1 is 0.949 bits per heavy atom. The number of benzene rings is 3. The molecule has 39 heavy (non-hydrogen) atoms. The number of hydrogen-bond acceptors (Lipinski definition) is 4. The molecular formula is C30H24F5N3O. The second-order valence-corrected chi connectivity index (χ2v) is 10.0. The van der Waals surface area contributed by atoms with Crippen molar-refractivity contribution >= 4 is 11.5 Å². The molecule has 6 rings (SSSR count). The van der Waals surface area contributed by atoms with Crippen LogP contribution in [0.1, 0.15) is 29.5 Å². The number of alkyl halides is 3. The van der Waals surface area contributed by atoms with Crippen molar-refractivity contribution < 1.29 is 26.7 Å². The average molecular weight is 538 g/mol. The van der Waals surface area contributed by atoms with E-state index in [1.807, 2.05) is 11.1 Å². The van der Waals surface area contributed by atoms with E-state index < -0.39 is 23.4 Å². The van der Waals surface area contributed by atoms with E-state index in [1.165, 1.54) is 18.2 Å². The Morgan fingerprint density at radius 2 is 1.74 bits per heavy atom. The zero-order valence-electron chi connectivity index (χ0n) is 20.8. The zero-order chi connectivity index (χ0) is 27.1. The van der Waals surface area contributed by atoms with Crippen LogP contribution in [0.4, 0.5) is 22.0 Å². The monoisotopic (exact) mass is 537 g/mol. The van der Waals surface area contributed by atoms with Crippen LogP contribution in [0.3, 0.4) is 0 Å². The highest BCUT2D eigenvalue weighted by Gasteiger charge is 2.34. The van der Waals surface area contributed by atoms with Crippen LogP contribution < -0.4 is 4.74 Å². The van der Waals surface area contributed by atoms with Gasteiger partial charge in [0.15, 0.2) is 17.5 Å². The summed E-state index contributed by atoms with van der Waals surface area (Å²) >= 11 is 0. The van der Waals surface area contributed by atoms with Gasteiger partial charge in [-0.05, 0) is 65.8 Å². The molecule has 1 unspecified atom stereocenters. The van der Waals surface area contributed by atoms with Crippen LogP contribution in [0.25, 0.3) is 11.1 Å². The average Bonchev–Trinajstić information content (AvgIpc) is 3.66. The van der Waals surface area contributed by atoms with E-state index in [9.17, 15) is 22.0 Å². The molecule has 4 nitrogen and oxygen atoms in total. The maximum Gasteiger partial charge on any atom is 0.417 e. The molecule has 9 heteroatoms. The summed E-state index contributed by atoms with van der Waals surface area (Å²) in [7, 11) is 0. The number of aliphatic imine (C=N–C) groups is 2. The first-order chi connectivity index (χ1) is 18.7. The van der Waals surface area contributed by atoms with Crippen molar-refractivity contribution in [2.45, 2.75) is 31.6 Å². The van der Waals surface area contributed by atoms with Gasteiger partial charge in [0.25, 0.3) is 0 Å². The third kappa shape index (κ3) is 5.44. The minimum Gasteiger partial charge on any atom is -0.493 e. The Labute approximate surface area is 222 Å². The van der Waals surface area contributed by atoms with Gasteiger partial charge in [0.1, 0.15) is 11.8 Å². The SMILES string of the molecule is Fc1cccc(C2=NC3CN(Cc4ccc(-c5ccc(OCC6CC6)cc5C(F)(F)F)cc4)C=CC3=N2)c1F. The number of amidine groups is 1. The quantitative estimate of drug-likeness (QED) is 0.303. The summed E-state index contributed by atoms with van der Waals surface area (Å²) in [5.41, 5.74) is 1.44. The molecule has 1 atom stereocenters. The van der Waals surface area contributed by atoms with Crippen LogP contribution in [0.15, 0.2) is 82.9 Å². The Morgan fingerprint density at radius 3 is 2.49 bits per heavy atom. The van der Waals surface area contributed by atoms with Gasteiger partial charge in [-0.25, -0.2) is 13.8 Å². The van der Waals surface area contributed by atoms with Crippen molar-refractivity contribution in [3.05, 3.63) is 101 Å². The highest BCUT2D eigenvalue weighted by atomic mass is 19.4. The molecule has 2 aliphatic heterocycles. The summed E-state index contributed by atoms with van der Waals surface area (Å²) in [6.45, 7) is 1.43. The number of hydrogen-bond donors (Lipinski definition) is 0. The molecule has 1 saturated carbocycles. The predicted octanol–water partition coefficient (Wildman–Crippen LogP) is 7.04. The molecule has 200 valence electrons. The number of halogens is 5. The van der Waals surface area contributed by atoms with E-state index in [0.29, 0.717) is 36.9 Å².